The van der Waals surface area contributed by atoms with Crippen LogP contribution in [0.25, 0.3) is 0 Å². The molecule has 0 unspecified atom stereocenters. The van der Waals surface area contributed by atoms with E-state index in [9.17, 15) is 9.59 Å². The van der Waals surface area contributed by atoms with Crippen LogP contribution in [0.1, 0.15) is 6.42 Å². The second-order valence-electron chi connectivity index (χ2n) is 7.09. The Morgan fingerprint density at radius 3 is 2.71 bits per heavy atom. The number of rotatable bonds is 5. The Kier molecular flexibility index (Phi) is 5.82. The van der Waals surface area contributed by atoms with Crippen LogP contribution in [-0.2, 0) is 9.53 Å². The van der Waals surface area contributed by atoms with Crippen LogP contribution in [0.3, 0.4) is 0 Å². The second-order valence-corrected chi connectivity index (χ2v) is 7.09. The van der Waals surface area contributed by atoms with E-state index < -0.39 is 0 Å². The van der Waals surface area contributed by atoms with Crippen molar-refractivity contribution < 1.29 is 23.8 Å². The second kappa shape index (κ2) is 8.66. The van der Waals surface area contributed by atoms with Crippen molar-refractivity contribution in [3.05, 3.63) is 18.2 Å². The molecule has 3 aliphatic rings. The molecule has 9 heteroatoms. The number of hydrogen-bond donors (Lipinski definition) is 2. The molecular weight excluding hydrogens is 364 g/mol. The molecule has 2 saturated heterocycles. The highest BCUT2D eigenvalue weighted by Gasteiger charge is 2.32. The first-order valence-corrected chi connectivity index (χ1v) is 9.73. The highest BCUT2D eigenvalue weighted by atomic mass is 16.6. The maximum Gasteiger partial charge on any atom is 0.315 e. The molecule has 0 aliphatic carbocycles. The van der Waals surface area contributed by atoms with Gasteiger partial charge < -0.3 is 29.7 Å². The molecule has 1 atom stereocenters. The van der Waals surface area contributed by atoms with Crippen LogP contribution in [0, 0.1) is 0 Å². The zero-order valence-electron chi connectivity index (χ0n) is 15.8. The van der Waals surface area contributed by atoms with Crippen molar-refractivity contribution in [2.24, 2.45) is 0 Å². The van der Waals surface area contributed by atoms with Crippen LogP contribution in [-0.4, -0.2) is 82.0 Å². The van der Waals surface area contributed by atoms with Crippen molar-refractivity contribution in [3.8, 4) is 11.5 Å². The highest BCUT2D eigenvalue weighted by Crippen LogP contribution is 2.35. The molecule has 0 spiro atoms. The summed E-state index contributed by atoms with van der Waals surface area (Å²) < 4.78 is 16.4. The van der Waals surface area contributed by atoms with Crippen molar-refractivity contribution in [3.63, 3.8) is 0 Å². The summed E-state index contributed by atoms with van der Waals surface area (Å²) in [6, 6.07) is 5.02. The summed E-state index contributed by atoms with van der Waals surface area (Å²) in [5.41, 5.74) is 0.756. The lowest BCUT2D eigenvalue weighted by molar-refractivity contribution is -0.117. The van der Waals surface area contributed by atoms with Crippen molar-refractivity contribution in [1.29, 1.82) is 0 Å². The standard InChI is InChI=1S/C19H26N4O5/c24-18-11-14(21-19(25)20-3-4-22-5-7-26-8-6-22)13-23(18)15-1-2-16-17(12-15)28-10-9-27-16/h1-2,12,14H,3-11,13H2,(H2,20,21,25)/t14-/m1/s1. The van der Waals surface area contributed by atoms with Gasteiger partial charge in [0.15, 0.2) is 11.5 Å². The molecule has 0 radical (unpaired) electrons. The van der Waals surface area contributed by atoms with Gasteiger partial charge in [-0.2, -0.15) is 0 Å². The van der Waals surface area contributed by atoms with Crippen molar-refractivity contribution in [2.45, 2.75) is 12.5 Å². The van der Waals surface area contributed by atoms with E-state index in [0.717, 1.165) is 38.5 Å². The number of ether oxygens (including phenoxy) is 3. The van der Waals surface area contributed by atoms with Gasteiger partial charge in [-0.15, -0.1) is 0 Å². The van der Waals surface area contributed by atoms with Crippen molar-refractivity contribution in [2.75, 3.05) is 64.1 Å². The summed E-state index contributed by atoms with van der Waals surface area (Å²) in [5, 5.41) is 5.77. The Labute approximate surface area is 163 Å². The Balaban J connectivity index is 1.25. The average molecular weight is 390 g/mol. The molecule has 28 heavy (non-hydrogen) atoms. The molecule has 1 aromatic carbocycles. The van der Waals surface area contributed by atoms with Crippen LogP contribution in [0.4, 0.5) is 10.5 Å². The third-order valence-corrected chi connectivity index (χ3v) is 5.11. The molecule has 0 saturated carbocycles. The minimum absolute atomic E-state index is 0.0182. The Morgan fingerprint density at radius 1 is 1.11 bits per heavy atom. The molecule has 2 N–H and O–H groups in total. The Morgan fingerprint density at radius 2 is 1.89 bits per heavy atom. The molecule has 3 aliphatic heterocycles. The van der Waals surface area contributed by atoms with E-state index in [1.807, 2.05) is 18.2 Å². The molecule has 1 aromatic rings. The number of carbonyl (C=O) groups excluding carboxylic acids is 2. The SMILES string of the molecule is O=C(NCCN1CCOCC1)N[C@@H]1CC(=O)N(c2ccc3c(c2)OCCO3)C1. The monoisotopic (exact) mass is 390 g/mol. The van der Waals surface area contributed by atoms with E-state index in [-0.39, 0.29) is 24.4 Å². The average Bonchev–Trinajstić information content (AvgIpc) is 3.08. The summed E-state index contributed by atoms with van der Waals surface area (Å²) in [7, 11) is 0. The summed E-state index contributed by atoms with van der Waals surface area (Å²) in [4.78, 5) is 28.5. The lowest BCUT2D eigenvalue weighted by atomic mass is 10.2. The van der Waals surface area contributed by atoms with E-state index in [1.54, 1.807) is 4.90 Å². The first kappa shape index (κ1) is 18.8. The van der Waals surface area contributed by atoms with Gasteiger partial charge in [0, 0.05) is 50.9 Å². The number of anilines is 1. The molecule has 4 rings (SSSR count). The van der Waals surface area contributed by atoms with E-state index >= 15 is 0 Å². The van der Waals surface area contributed by atoms with Gasteiger partial charge in [-0.1, -0.05) is 0 Å². The number of amides is 3. The fraction of sp³-hybridized carbons (Fsp3) is 0.579. The fourth-order valence-electron chi connectivity index (χ4n) is 3.64. The largest absolute Gasteiger partial charge is 0.486 e. The predicted octanol–water partition coefficient (Wildman–Crippen LogP) is 0.195. The molecule has 2 fully saturated rings. The van der Waals surface area contributed by atoms with Crippen molar-refractivity contribution in [1.82, 2.24) is 15.5 Å². The van der Waals surface area contributed by atoms with Gasteiger partial charge in [0.05, 0.1) is 19.3 Å². The summed E-state index contributed by atoms with van der Waals surface area (Å²) in [6.07, 6.45) is 0.283. The smallest absolute Gasteiger partial charge is 0.315 e. The molecule has 9 nitrogen and oxygen atoms in total. The summed E-state index contributed by atoms with van der Waals surface area (Å²) in [6.45, 7) is 6.10. The quantitative estimate of drug-likeness (QED) is 0.746. The first-order chi connectivity index (χ1) is 13.7. The van der Waals surface area contributed by atoms with Gasteiger partial charge in [-0.25, -0.2) is 4.79 Å². The molecule has 152 valence electrons. The number of fused-ring (bicyclic) bond motifs is 1. The number of carbonyl (C=O) groups is 2. The van der Waals surface area contributed by atoms with E-state index in [2.05, 4.69) is 15.5 Å². The maximum absolute atomic E-state index is 12.4. The minimum atomic E-state index is -0.241. The number of nitrogens with zero attached hydrogens (tertiary/aromatic N) is 2. The third-order valence-electron chi connectivity index (χ3n) is 5.11. The Hall–Kier alpha value is -2.52. The molecular formula is C19H26N4O5. The van der Waals surface area contributed by atoms with Gasteiger partial charge >= 0.3 is 6.03 Å². The Bertz CT molecular complexity index is 722. The van der Waals surface area contributed by atoms with Crippen LogP contribution in [0.15, 0.2) is 18.2 Å². The van der Waals surface area contributed by atoms with Gasteiger partial charge in [0.2, 0.25) is 5.91 Å². The normalized spacial score (nSPS) is 22.2. The lowest BCUT2D eigenvalue weighted by Crippen LogP contribution is -2.46. The summed E-state index contributed by atoms with van der Waals surface area (Å²) >= 11 is 0. The predicted molar refractivity (Wildman–Crippen MR) is 102 cm³/mol. The zero-order valence-corrected chi connectivity index (χ0v) is 15.8. The van der Waals surface area contributed by atoms with Crippen LogP contribution in [0.2, 0.25) is 0 Å². The lowest BCUT2D eigenvalue weighted by Gasteiger charge is -2.26. The molecule has 0 bridgehead atoms. The van der Waals surface area contributed by atoms with Gasteiger partial charge in [-0.3, -0.25) is 9.69 Å². The van der Waals surface area contributed by atoms with E-state index in [4.69, 9.17) is 14.2 Å². The fourth-order valence-corrected chi connectivity index (χ4v) is 3.64. The number of nitrogens with one attached hydrogen (secondary N) is 2. The van der Waals surface area contributed by atoms with E-state index in [1.165, 1.54) is 0 Å². The van der Waals surface area contributed by atoms with Crippen LogP contribution >= 0.6 is 0 Å². The van der Waals surface area contributed by atoms with Gasteiger partial charge in [0.1, 0.15) is 13.2 Å². The number of hydrogen-bond acceptors (Lipinski definition) is 6. The minimum Gasteiger partial charge on any atom is -0.486 e. The van der Waals surface area contributed by atoms with E-state index in [0.29, 0.717) is 37.8 Å². The maximum atomic E-state index is 12.4. The van der Waals surface area contributed by atoms with Gasteiger partial charge in [0.25, 0.3) is 0 Å². The van der Waals surface area contributed by atoms with Crippen LogP contribution < -0.4 is 25.0 Å². The van der Waals surface area contributed by atoms with Gasteiger partial charge in [-0.05, 0) is 12.1 Å². The number of morpholine rings is 1. The van der Waals surface area contributed by atoms with Crippen molar-refractivity contribution >= 4 is 17.6 Å². The highest BCUT2D eigenvalue weighted by molar-refractivity contribution is 5.97. The number of urea groups is 1. The first-order valence-electron chi connectivity index (χ1n) is 9.73. The number of benzene rings is 1. The molecule has 3 amide bonds. The summed E-state index contributed by atoms with van der Waals surface area (Å²) in [5.74, 6) is 1.32. The molecule has 0 aromatic heterocycles. The third kappa shape index (κ3) is 4.48. The van der Waals surface area contributed by atoms with Crippen LogP contribution in [0.5, 0.6) is 11.5 Å². The zero-order chi connectivity index (χ0) is 19.3. The topological polar surface area (TPSA) is 92.4 Å². The molecule has 3 heterocycles.